The molecule has 0 aliphatic heterocycles. The third kappa shape index (κ3) is 3.87. The smallest absolute Gasteiger partial charge is 0.307 e. The first-order valence-electron chi connectivity index (χ1n) is 8.52. The number of benzene rings is 2. The maximum Gasteiger partial charge on any atom is 0.307 e. The van der Waals surface area contributed by atoms with E-state index in [0.29, 0.717) is 40.1 Å². The van der Waals surface area contributed by atoms with E-state index in [2.05, 4.69) is 10.3 Å². The van der Waals surface area contributed by atoms with Crippen molar-refractivity contribution in [1.82, 2.24) is 9.55 Å². The van der Waals surface area contributed by atoms with Gasteiger partial charge in [0.15, 0.2) is 0 Å². The molecule has 7 heteroatoms. The summed E-state index contributed by atoms with van der Waals surface area (Å²) >= 11 is 0. The molecule has 27 heavy (non-hydrogen) atoms. The molecule has 0 atom stereocenters. The molecule has 0 aliphatic rings. The van der Waals surface area contributed by atoms with Gasteiger partial charge in [-0.3, -0.25) is 14.4 Å². The SMILES string of the molecule is CCn1c(=O)c(C)nc2cc(C(=O)Nc3cccc(CC(=O)O)c3)ccc21. The zero-order chi connectivity index (χ0) is 19.6. The largest absolute Gasteiger partial charge is 0.481 e. The molecule has 3 aromatic rings. The molecule has 138 valence electrons. The normalized spacial score (nSPS) is 10.7. The summed E-state index contributed by atoms with van der Waals surface area (Å²) in [6.45, 7) is 4.04. The Morgan fingerprint density at radius 1 is 1.19 bits per heavy atom. The van der Waals surface area contributed by atoms with Crippen molar-refractivity contribution < 1.29 is 14.7 Å². The van der Waals surface area contributed by atoms with Crippen molar-refractivity contribution in [2.45, 2.75) is 26.8 Å². The molecule has 1 amide bonds. The van der Waals surface area contributed by atoms with Crippen LogP contribution in [0.5, 0.6) is 0 Å². The van der Waals surface area contributed by atoms with E-state index >= 15 is 0 Å². The van der Waals surface area contributed by atoms with Crippen molar-refractivity contribution >= 4 is 28.6 Å². The summed E-state index contributed by atoms with van der Waals surface area (Å²) in [4.78, 5) is 39.9. The van der Waals surface area contributed by atoms with E-state index in [9.17, 15) is 14.4 Å². The average Bonchev–Trinajstić information content (AvgIpc) is 2.62. The van der Waals surface area contributed by atoms with Crippen LogP contribution >= 0.6 is 0 Å². The van der Waals surface area contributed by atoms with E-state index in [1.54, 1.807) is 54.0 Å². The molecule has 0 spiro atoms. The summed E-state index contributed by atoms with van der Waals surface area (Å²) in [7, 11) is 0. The van der Waals surface area contributed by atoms with Crippen LogP contribution in [-0.4, -0.2) is 26.5 Å². The van der Waals surface area contributed by atoms with Gasteiger partial charge in [0.25, 0.3) is 11.5 Å². The van der Waals surface area contributed by atoms with Gasteiger partial charge in [-0.25, -0.2) is 4.98 Å². The second-order valence-electron chi connectivity index (χ2n) is 6.18. The van der Waals surface area contributed by atoms with Crippen molar-refractivity contribution in [3.63, 3.8) is 0 Å². The first kappa shape index (κ1) is 18.3. The third-order valence-corrected chi connectivity index (χ3v) is 4.23. The highest BCUT2D eigenvalue weighted by Gasteiger charge is 2.12. The Morgan fingerprint density at radius 2 is 1.96 bits per heavy atom. The van der Waals surface area contributed by atoms with Gasteiger partial charge < -0.3 is 15.0 Å². The van der Waals surface area contributed by atoms with Gasteiger partial charge in [-0.2, -0.15) is 0 Å². The number of anilines is 1. The summed E-state index contributed by atoms with van der Waals surface area (Å²) in [5, 5.41) is 11.6. The van der Waals surface area contributed by atoms with Gasteiger partial charge in [-0.1, -0.05) is 12.1 Å². The number of carbonyl (C=O) groups excluding carboxylic acids is 1. The predicted molar refractivity (Wildman–Crippen MR) is 102 cm³/mol. The highest BCUT2D eigenvalue weighted by molar-refractivity contribution is 6.06. The zero-order valence-corrected chi connectivity index (χ0v) is 15.0. The molecule has 0 aliphatic carbocycles. The molecular formula is C20H19N3O4. The maximum atomic E-state index is 12.6. The predicted octanol–water partition coefficient (Wildman–Crippen LogP) is 2.60. The van der Waals surface area contributed by atoms with Gasteiger partial charge in [-0.05, 0) is 49.7 Å². The molecule has 7 nitrogen and oxygen atoms in total. The van der Waals surface area contributed by atoms with E-state index in [0.717, 1.165) is 0 Å². The summed E-state index contributed by atoms with van der Waals surface area (Å²) in [5.41, 5.74) is 3.00. The van der Waals surface area contributed by atoms with Crippen molar-refractivity contribution in [2.75, 3.05) is 5.32 Å². The number of nitrogens with one attached hydrogen (secondary N) is 1. The second-order valence-corrected chi connectivity index (χ2v) is 6.18. The van der Waals surface area contributed by atoms with Gasteiger partial charge in [0.2, 0.25) is 0 Å². The topological polar surface area (TPSA) is 101 Å². The highest BCUT2D eigenvalue weighted by atomic mass is 16.4. The molecule has 1 aromatic heterocycles. The molecule has 2 aromatic carbocycles. The van der Waals surface area contributed by atoms with E-state index in [1.165, 1.54) is 0 Å². The van der Waals surface area contributed by atoms with Crippen LogP contribution < -0.4 is 10.9 Å². The first-order chi connectivity index (χ1) is 12.9. The van der Waals surface area contributed by atoms with Crippen LogP contribution in [0.3, 0.4) is 0 Å². The average molecular weight is 365 g/mol. The fourth-order valence-electron chi connectivity index (χ4n) is 2.97. The van der Waals surface area contributed by atoms with Gasteiger partial charge in [-0.15, -0.1) is 0 Å². The number of amides is 1. The molecule has 0 saturated carbocycles. The molecule has 2 N–H and O–H groups in total. The van der Waals surface area contributed by atoms with Gasteiger partial charge in [0.1, 0.15) is 5.69 Å². The number of hydrogen-bond donors (Lipinski definition) is 2. The lowest BCUT2D eigenvalue weighted by molar-refractivity contribution is -0.136. The molecule has 0 radical (unpaired) electrons. The van der Waals surface area contributed by atoms with Crippen LogP contribution in [0.15, 0.2) is 47.3 Å². The van der Waals surface area contributed by atoms with E-state index in [1.807, 2.05) is 6.92 Å². The number of carboxylic acids is 1. The molecule has 0 unspecified atom stereocenters. The van der Waals surface area contributed by atoms with Crippen molar-refractivity contribution in [3.05, 3.63) is 69.6 Å². The number of aryl methyl sites for hydroxylation is 2. The monoisotopic (exact) mass is 365 g/mol. The van der Waals surface area contributed by atoms with Crippen LogP contribution in [0.25, 0.3) is 11.0 Å². The minimum Gasteiger partial charge on any atom is -0.481 e. The number of rotatable bonds is 5. The fraction of sp³-hybridized carbons (Fsp3) is 0.200. The molecule has 0 bridgehead atoms. The molecule has 1 heterocycles. The second kappa shape index (κ2) is 7.41. The summed E-state index contributed by atoms with van der Waals surface area (Å²) in [5.74, 6) is -1.27. The van der Waals surface area contributed by atoms with Crippen molar-refractivity contribution in [3.8, 4) is 0 Å². The molecular weight excluding hydrogens is 346 g/mol. The quantitative estimate of drug-likeness (QED) is 0.724. The van der Waals surface area contributed by atoms with Crippen molar-refractivity contribution in [1.29, 1.82) is 0 Å². The number of nitrogens with zero attached hydrogens (tertiary/aromatic N) is 2. The van der Waals surface area contributed by atoms with Crippen molar-refractivity contribution in [2.24, 2.45) is 0 Å². The Kier molecular flexibility index (Phi) is 5.03. The van der Waals surface area contributed by atoms with Crippen LogP contribution in [0.4, 0.5) is 5.69 Å². The third-order valence-electron chi connectivity index (χ3n) is 4.23. The zero-order valence-electron chi connectivity index (χ0n) is 15.0. The number of aromatic nitrogens is 2. The lowest BCUT2D eigenvalue weighted by atomic mass is 10.1. The highest BCUT2D eigenvalue weighted by Crippen LogP contribution is 2.16. The first-order valence-corrected chi connectivity index (χ1v) is 8.52. The lowest BCUT2D eigenvalue weighted by Crippen LogP contribution is -2.23. The van der Waals surface area contributed by atoms with Gasteiger partial charge in [0.05, 0.1) is 17.5 Å². The van der Waals surface area contributed by atoms with E-state index in [4.69, 9.17) is 5.11 Å². The Hall–Kier alpha value is -3.48. The fourth-order valence-corrected chi connectivity index (χ4v) is 2.97. The maximum absolute atomic E-state index is 12.6. The number of carboxylic acid groups (broad SMARTS) is 1. The molecule has 0 saturated heterocycles. The number of aliphatic carboxylic acids is 1. The van der Waals surface area contributed by atoms with Gasteiger partial charge in [0, 0.05) is 17.8 Å². The van der Waals surface area contributed by atoms with Crippen LogP contribution in [-0.2, 0) is 17.8 Å². The van der Waals surface area contributed by atoms with Crippen LogP contribution in [0, 0.1) is 6.92 Å². The Balaban J connectivity index is 1.91. The Morgan fingerprint density at radius 3 is 2.67 bits per heavy atom. The summed E-state index contributed by atoms with van der Waals surface area (Å²) < 4.78 is 1.62. The Labute approximate surface area is 155 Å². The minimum atomic E-state index is -0.934. The molecule has 3 rings (SSSR count). The lowest BCUT2D eigenvalue weighted by Gasteiger charge is -2.11. The summed E-state index contributed by atoms with van der Waals surface area (Å²) in [6.07, 6.45) is -0.114. The Bertz CT molecular complexity index is 1100. The number of carbonyl (C=O) groups is 2. The van der Waals surface area contributed by atoms with Gasteiger partial charge >= 0.3 is 5.97 Å². The van der Waals surface area contributed by atoms with E-state index < -0.39 is 5.97 Å². The summed E-state index contributed by atoms with van der Waals surface area (Å²) in [6, 6.07) is 11.7. The van der Waals surface area contributed by atoms with Crippen LogP contribution in [0.1, 0.15) is 28.5 Å². The number of hydrogen-bond acceptors (Lipinski definition) is 4. The standard InChI is InChI=1S/C20H19N3O4/c1-3-23-17-8-7-14(11-16(17)21-12(2)20(23)27)19(26)22-15-6-4-5-13(9-15)10-18(24)25/h4-9,11H,3,10H2,1-2H3,(H,22,26)(H,24,25). The molecule has 0 fully saturated rings. The number of fused-ring (bicyclic) bond motifs is 1. The minimum absolute atomic E-state index is 0.114. The van der Waals surface area contributed by atoms with E-state index in [-0.39, 0.29) is 17.9 Å². The van der Waals surface area contributed by atoms with Crippen LogP contribution in [0.2, 0.25) is 0 Å².